The van der Waals surface area contributed by atoms with E-state index in [1.807, 2.05) is 50.2 Å². The smallest absolute Gasteiger partial charge is 0.240 e. The molecule has 0 unspecified atom stereocenters. The van der Waals surface area contributed by atoms with Crippen LogP contribution in [-0.2, 0) is 16.2 Å². The molecule has 0 aromatic heterocycles. The highest BCUT2D eigenvalue weighted by Crippen LogP contribution is 2.28. The molecule has 0 aliphatic carbocycles. The molecule has 9 heteroatoms. The van der Waals surface area contributed by atoms with Gasteiger partial charge in [-0.1, -0.05) is 41.4 Å². The zero-order valence-electron chi connectivity index (χ0n) is 19.2. The largest absolute Gasteiger partial charge is 0.488 e. The molecule has 0 saturated carbocycles. The lowest BCUT2D eigenvalue weighted by atomic mass is 10.1. The van der Waals surface area contributed by atoms with Crippen molar-refractivity contribution < 1.29 is 14.3 Å². The van der Waals surface area contributed by atoms with E-state index in [0.717, 1.165) is 32.4 Å². The number of aryl methyl sites for hydroxylation is 2. The van der Waals surface area contributed by atoms with E-state index < -0.39 is 0 Å². The highest BCUT2D eigenvalue weighted by Gasteiger charge is 2.09. The molecule has 3 aromatic rings. The molecule has 0 aliphatic heterocycles. The first-order chi connectivity index (χ1) is 16.7. The van der Waals surface area contributed by atoms with Gasteiger partial charge in [0.15, 0.2) is 0 Å². The Morgan fingerprint density at radius 1 is 0.971 bits per heavy atom. The number of hydrazone groups is 1. The number of carbonyl (C=O) groups excluding carboxylic acids is 2. The Balaban J connectivity index is 1.45. The van der Waals surface area contributed by atoms with Crippen molar-refractivity contribution in [3.8, 4) is 5.75 Å². The second-order valence-electron chi connectivity index (χ2n) is 7.89. The SMILES string of the molecule is Cc1ccc(C)c(NC(=O)CCC(=O)NN=Cc2ccc(OCc3ccc(Cl)c(Cl)c3)c(Br)c2)c1. The standard InChI is InChI=1S/C26H24BrCl2N3O3/c1-16-3-4-17(2)23(11-16)31-25(33)9-10-26(34)32-30-14-18-6-8-24(20(27)12-18)35-15-19-5-7-21(28)22(29)13-19/h3-8,11-14H,9-10,15H2,1-2H3,(H,31,33)(H,32,34). The summed E-state index contributed by atoms with van der Waals surface area (Å²) in [6, 6.07) is 16.6. The third-order valence-corrected chi connectivity index (χ3v) is 6.34. The van der Waals surface area contributed by atoms with E-state index in [4.69, 9.17) is 27.9 Å². The molecule has 0 saturated heterocycles. The molecule has 0 fully saturated rings. The maximum atomic E-state index is 12.2. The lowest BCUT2D eigenvalue weighted by Gasteiger charge is -2.09. The van der Waals surface area contributed by atoms with Crippen molar-refractivity contribution in [1.82, 2.24) is 5.43 Å². The minimum Gasteiger partial charge on any atom is -0.488 e. The Labute approximate surface area is 222 Å². The van der Waals surface area contributed by atoms with Crippen molar-refractivity contribution >= 4 is 62.8 Å². The number of halogens is 3. The number of nitrogens with one attached hydrogen (secondary N) is 2. The van der Waals surface area contributed by atoms with Crippen LogP contribution in [-0.4, -0.2) is 18.0 Å². The van der Waals surface area contributed by atoms with Crippen molar-refractivity contribution in [2.75, 3.05) is 5.32 Å². The summed E-state index contributed by atoms with van der Waals surface area (Å²) >= 11 is 15.5. The number of benzene rings is 3. The highest BCUT2D eigenvalue weighted by atomic mass is 79.9. The molecule has 0 heterocycles. The number of nitrogens with zero attached hydrogens (tertiary/aromatic N) is 1. The fraction of sp³-hybridized carbons (Fsp3) is 0.192. The number of anilines is 1. The predicted molar refractivity (Wildman–Crippen MR) is 144 cm³/mol. The van der Waals surface area contributed by atoms with Gasteiger partial charge < -0.3 is 10.1 Å². The lowest BCUT2D eigenvalue weighted by Crippen LogP contribution is -2.20. The molecule has 35 heavy (non-hydrogen) atoms. The van der Waals surface area contributed by atoms with Crippen LogP contribution in [0.5, 0.6) is 5.75 Å². The van der Waals surface area contributed by atoms with E-state index >= 15 is 0 Å². The van der Waals surface area contributed by atoms with E-state index in [0.29, 0.717) is 22.4 Å². The summed E-state index contributed by atoms with van der Waals surface area (Å²) in [5, 5.41) is 7.77. The summed E-state index contributed by atoms with van der Waals surface area (Å²) in [6.45, 7) is 4.20. The molecular weight excluding hydrogens is 553 g/mol. The average Bonchev–Trinajstić information content (AvgIpc) is 2.82. The molecule has 182 valence electrons. The van der Waals surface area contributed by atoms with Gasteiger partial charge in [-0.05, 0) is 88.4 Å². The van der Waals surface area contributed by atoms with Crippen molar-refractivity contribution in [2.24, 2.45) is 5.10 Å². The highest BCUT2D eigenvalue weighted by molar-refractivity contribution is 9.10. The summed E-state index contributed by atoms with van der Waals surface area (Å²) in [7, 11) is 0. The maximum Gasteiger partial charge on any atom is 0.240 e. The number of ether oxygens (including phenoxy) is 1. The molecule has 0 radical (unpaired) electrons. The van der Waals surface area contributed by atoms with Crippen molar-refractivity contribution in [2.45, 2.75) is 33.3 Å². The summed E-state index contributed by atoms with van der Waals surface area (Å²) < 4.78 is 6.56. The molecule has 2 N–H and O–H groups in total. The van der Waals surface area contributed by atoms with E-state index in [1.165, 1.54) is 6.21 Å². The summed E-state index contributed by atoms with van der Waals surface area (Å²) in [5.74, 6) is 0.0725. The maximum absolute atomic E-state index is 12.2. The zero-order chi connectivity index (χ0) is 25.4. The Bertz CT molecular complexity index is 1260. The van der Waals surface area contributed by atoms with Crippen molar-refractivity contribution in [3.05, 3.63) is 91.4 Å². The zero-order valence-corrected chi connectivity index (χ0v) is 22.3. The van der Waals surface area contributed by atoms with Crippen LogP contribution in [0.2, 0.25) is 10.0 Å². The first-order valence-corrected chi connectivity index (χ1v) is 12.3. The minimum absolute atomic E-state index is 0.0270. The first kappa shape index (κ1) is 26.7. The normalized spacial score (nSPS) is 10.9. The van der Waals surface area contributed by atoms with Gasteiger partial charge in [0, 0.05) is 18.5 Å². The van der Waals surface area contributed by atoms with Crippen LogP contribution in [0, 0.1) is 13.8 Å². The Morgan fingerprint density at radius 2 is 1.74 bits per heavy atom. The number of carbonyl (C=O) groups is 2. The third kappa shape index (κ3) is 8.38. The van der Waals surface area contributed by atoms with Gasteiger partial charge in [-0.25, -0.2) is 5.43 Å². The predicted octanol–water partition coefficient (Wildman–Crippen LogP) is 6.82. The van der Waals surface area contributed by atoms with E-state index in [1.54, 1.807) is 18.2 Å². The molecule has 0 bridgehead atoms. The van der Waals surface area contributed by atoms with Crippen LogP contribution in [0.3, 0.4) is 0 Å². The topological polar surface area (TPSA) is 79.8 Å². The number of hydrogen-bond acceptors (Lipinski definition) is 4. The van der Waals surface area contributed by atoms with Gasteiger partial charge in [-0.15, -0.1) is 0 Å². The molecule has 3 aromatic carbocycles. The van der Waals surface area contributed by atoms with E-state index in [9.17, 15) is 9.59 Å². The monoisotopic (exact) mass is 575 g/mol. The van der Waals surface area contributed by atoms with Gasteiger partial charge in [0.1, 0.15) is 12.4 Å². The third-order valence-electron chi connectivity index (χ3n) is 4.98. The minimum atomic E-state index is -0.349. The summed E-state index contributed by atoms with van der Waals surface area (Å²) in [6.07, 6.45) is 1.60. The Morgan fingerprint density at radius 3 is 2.49 bits per heavy atom. The van der Waals surface area contributed by atoms with Crippen LogP contribution in [0.1, 0.15) is 35.1 Å². The number of hydrogen-bond donors (Lipinski definition) is 2. The van der Waals surface area contributed by atoms with Crippen molar-refractivity contribution in [1.29, 1.82) is 0 Å². The van der Waals surface area contributed by atoms with Crippen molar-refractivity contribution in [3.63, 3.8) is 0 Å². The molecule has 0 atom stereocenters. The van der Waals surface area contributed by atoms with Gasteiger partial charge in [-0.2, -0.15) is 5.10 Å². The van der Waals surface area contributed by atoms with Gasteiger partial charge in [0.25, 0.3) is 0 Å². The first-order valence-electron chi connectivity index (χ1n) is 10.8. The van der Waals surface area contributed by atoms with Crippen LogP contribution in [0.4, 0.5) is 5.69 Å². The van der Waals surface area contributed by atoms with Gasteiger partial charge in [0.05, 0.1) is 20.7 Å². The molecule has 2 amide bonds. The molecule has 6 nitrogen and oxygen atoms in total. The molecule has 0 aliphatic rings. The molecule has 3 rings (SSSR count). The second kappa shape index (κ2) is 12.7. The lowest BCUT2D eigenvalue weighted by molar-refractivity contribution is -0.124. The molecular formula is C26H24BrCl2N3O3. The van der Waals surface area contributed by atoms with Gasteiger partial charge >= 0.3 is 0 Å². The fourth-order valence-corrected chi connectivity index (χ4v) is 3.88. The number of amides is 2. The van der Waals surface area contributed by atoms with Crippen LogP contribution < -0.4 is 15.5 Å². The van der Waals surface area contributed by atoms with E-state index in [2.05, 4.69) is 31.8 Å². The van der Waals surface area contributed by atoms with Gasteiger partial charge in [0.2, 0.25) is 11.8 Å². The second-order valence-corrected chi connectivity index (χ2v) is 9.56. The Kier molecular flexibility index (Phi) is 9.72. The quantitative estimate of drug-likeness (QED) is 0.217. The van der Waals surface area contributed by atoms with Crippen LogP contribution in [0.15, 0.2) is 64.2 Å². The van der Waals surface area contributed by atoms with Gasteiger partial charge in [-0.3, -0.25) is 9.59 Å². The fourth-order valence-electron chi connectivity index (χ4n) is 3.05. The van der Waals surface area contributed by atoms with Crippen LogP contribution in [0.25, 0.3) is 0 Å². The summed E-state index contributed by atoms with van der Waals surface area (Å²) in [4.78, 5) is 24.2. The summed E-state index contributed by atoms with van der Waals surface area (Å²) in [5.41, 5.74) is 6.86. The molecule has 0 spiro atoms. The average molecular weight is 577 g/mol. The Hall–Kier alpha value is -2.87. The van der Waals surface area contributed by atoms with E-state index in [-0.39, 0.29) is 24.7 Å². The number of rotatable bonds is 9. The van der Waals surface area contributed by atoms with Crippen LogP contribution >= 0.6 is 39.1 Å².